The molecule has 3 aliphatic rings. The average Bonchev–Trinajstić information content (AvgIpc) is 2.54. The van der Waals surface area contributed by atoms with E-state index in [2.05, 4.69) is 20.4 Å². The Kier molecular flexibility index (Phi) is 2.26. The fraction of sp³-hybridized carbons (Fsp3) is 0.667. The third kappa shape index (κ3) is 1.42. The van der Waals surface area contributed by atoms with Gasteiger partial charge in [-0.15, -0.1) is 0 Å². The van der Waals surface area contributed by atoms with Crippen molar-refractivity contribution in [2.24, 2.45) is 11.3 Å². The normalized spacial score (nSPS) is 41.1. The van der Waals surface area contributed by atoms with Gasteiger partial charge in [-0.1, -0.05) is 19.1 Å². The number of fused-ring (bicyclic) bond motifs is 3. The maximum absolute atomic E-state index is 11.7. The minimum absolute atomic E-state index is 0.00838. The van der Waals surface area contributed by atoms with Crippen LogP contribution in [-0.2, 0) is 9.53 Å². The first-order valence-electron chi connectivity index (χ1n) is 6.63. The van der Waals surface area contributed by atoms with Crippen molar-refractivity contribution in [1.82, 2.24) is 0 Å². The van der Waals surface area contributed by atoms with E-state index in [1.165, 1.54) is 30.4 Å². The quantitative estimate of drug-likeness (QED) is 0.363. The second-order valence-corrected chi connectivity index (χ2v) is 6.10. The zero-order valence-corrected chi connectivity index (χ0v) is 10.7. The fourth-order valence-electron chi connectivity index (χ4n) is 4.04. The van der Waals surface area contributed by atoms with Crippen LogP contribution in [0.25, 0.3) is 0 Å². The number of rotatable bonds is 0. The monoisotopic (exact) mass is 232 g/mol. The maximum Gasteiger partial charge on any atom is 0.334 e. The van der Waals surface area contributed by atoms with Crippen LogP contribution in [0.3, 0.4) is 0 Å². The number of carbonyl (C=O) groups is 1. The second-order valence-electron chi connectivity index (χ2n) is 6.10. The van der Waals surface area contributed by atoms with Crippen molar-refractivity contribution in [1.29, 1.82) is 0 Å². The molecule has 0 radical (unpaired) electrons. The van der Waals surface area contributed by atoms with Gasteiger partial charge in [0.05, 0.1) is 0 Å². The van der Waals surface area contributed by atoms with Crippen molar-refractivity contribution in [3.8, 4) is 0 Å². The van der Waals surface area contributed by atoms with Crippen LogP contribution in [0, 0.1) is 11.3 Å². The summed E-state index contributed by atoms with van der Waals surface area (Å²) in [6, 6.07) is 0. The molecule has 0 spiro atoms. The van der Waals surface area contributed by atoms with E-state index in [9.17, 15) is 4.79 Å². The van der Waals surface area contributed by atoms with Crippen LogP contribution in [0.4, 0.5) is 0 Å². The lowest BCUT2D eigenvalue weighted by molar-refractivity contribution is -0.138. The van der Waals surface area contributed by atoms with Crippen LogP contribution in [0.2, 0.25) is 0 Å². The summed E-state index contributed by atoms with van der Waals surface area (Å²) >= 11 is 0. The van der Waals surface area contributed by atoms with Gasteiger partial charge < -0.3 is 4.74 Å². The molecule has 0 N–H and O–H groups in total. The minimum atomic E-state index is -0.171. The number of allylic oxidation sites excluding steroid dienone is 1. The Labute approximate surface area is 103 Å². The van der Waals surface area contributed by atoms with Gasteiger partial charge in [0.2, 0.25) is 0 Å². The first-order chi connectivity index (χ1) is 8.03. The highest BCUT2D eigenvalue weighted by Gasteiger charge is 2.51. The highest BCUT2D eigenvalue weighted by molar-refractivity contribution is 5.91. The molecule has 2 heteroatoms. The lowest BCUT2D eigenvalue weighted by Crippen LogP contribution is -2.39. The standard InChI is InChI=1S/C15H20O2/c1-9-5-4-7-15(3)8-6-11-10(2)14(16)17-13(11)12(9)15/h11,13H,2,4-8H2,1,3H3. The van der Waals surface area contributed by atoms with E-state index in [1.54, 1.807) is 0 Å². The number of hydrogen-bond donors (Lipinski definition) is 0. The molecular formula is C15H20O2. The first-order valence-corrected chi connectivity index (χ1v) is 6.63. The Hall–Kier alpha value is -1.05. The number of ether oxygens (including phenoxy) is 1. The summed E-state index contributed by atoms with van der Waals surface area (Å²) in [5.41, 5.74) is 3.85. The summed E-state index contributed by atoms with van der Waals surface area (Å²) in [6.45, 7) is 8.46. The molecular weight excluding hydrogens is 212 g/mol. The molecule has 0 bridgehead atoms. The third-order valence-electron chi connectivity index (χ3n) is 4.99. The van der Waals surface area contributed by atoms with Crippen molar-refractivity contribution in [2.45, 2.75) is 52.1 Å². The predicted molar refractivity (Wildman–Crippen MR) is 66.4 cm³/mol. The van der Waals surface area contributed by atoms with Gasteiger partial charge in [-0.05, 0) is 50.0 Å². The Balaban J connectivity index is 2.06. The molecule has 1 saturated heterocycles. The predicted octanol–water partition coefficient (Wildman–Crippen LogP) is 3.38. The van der Waals surface area contributed by atoms with Crippen molar-refractivity contribution in [3.63, 3.8) is 0 Å². The molecule has 0 aromatic heterocycles. The van der Waals surface area contributed by atoms with Crippen LogP contribution in [0.15, 0.2) is 23.3 Å². The van der Waals surface area contributed by atoms with Gasteiger partial charge in [-0.25, -0.2) is 4.79 Å². The molecule has 92 valence electrons. The zero-order chi connectivity index (χ0) is 12.2. The molecule has 2 nitrogen and oxygen atoms in total. The summed E-state index contributed by atoms with van der Waals surface area (Å²) in [7, 11) is 0. The lowest BCUT2D eigenvalue weighted by atomic mass is 9.60. The molecule has 3 rings (SSSR count). The van der Waals surface area contributed by atoms with E-state index in [0.29, 0.717) is 5.57 Å². The number of hydrogen-bond acceptors (Lipinski definition) is 2. The summed E-state index contributed by atoms with van der Waals surface area (Å²) in [6.07, 6.45) is 5.93. The van der Waals surface area contributed by atoms with Gasteiger partial charge in [0.1, 0.15) is 6.10 Å². The van der Waals surface area contributed by atoms with Gasteiger partial charge in [0.15, 0.2) is 0 Å². The van der Waals surface area contributed by atoms with E-state index in [1.807, 2.05) is 0 Å². The minimum Gasteiger partial charge on any atom is -0.454 e. The van der Waals surface area contributed by atoms with Crippen molar-refractivity contribution in [2.75, 3.05) is 0 Å². The van der Waals surface area contributed by atoms with Gasteiger partial charge in [-0.2, -0.15) is 0 Å². The Bertz CT molecular complexity index is 432. The Morgan fingerprint density at radius 1 is 1.41 bits per heavy atom. The van der Waals surface area contributed by atoms with E-state index >= 15 is 0 Å². The third-order valence-corrected chi connectivity index (χ3v) is 4.99. The van der Waals surface area contributed by atoms with Crippen LogP contribution in [0.5, 0.6) is 0 Å². The molecule has 2 fully saturated rings. The topological polar surface area (TPSA) is 26.3 Å². The second kappa shape index (κ2) is 3.47. The first kappa shape index (κ1) is 11.1. The van der Waals surface area contributed by atoms with Crippen molar-refractivity contribution in [3.05, 3.63) is 23.3 Å². The molecule has 3 atom stereocenters. The fourth-order valence-corrected chi connectivity index (χ4v) is 4.04. The van der Waals surface area contributed by atoms with Gasteiger partial charge >= 0.3 is 5.97 Å². The maximum atomic E-state index is 11.7. The molecule has 0 aromatic carbocycles. The lowest BCUT2D eigenvalue weighted by Gasteiger charge is -2.45. The molecule has 2 aliphatic carbocycles. The largest absolute Gasteiger partial charge is 0.454 e. The highest BCUT2D eigenvalue weighted by Crippen LogP contribution is 2.55. The molecule has 17 heavy (non-hydrogen) atoms. The summed E-state index contributed by atoms with van der Waals surface area (Å²) in [4.78, 5) is 11.7. The molecule has 3 unspecified atom stereocenters. The highest BCUT2D eigenvalue weighted by atomic mass is 16.6. The van der Waals surface area contributed by atoms with Crippen LogP contribution in [0.1, 0.15) is 46.0 Å². The van der Waals surface area contributed by atoms with Crippen LogP contribution in [-0.4, -0.2) is 12.1 Å². The zero-order valence-electron chi connectivity index (χ0n) is 10.7. The molecule has 0 aromatic rings. The van der Waals surface area contributed by atoms with Gasteiger partial charge in [0, 0.05) is 11.5 Å². The summed E-state index contributed by atoms with van der Waals surface area (Å²) in [5.74, 6) is 0.0775. The SMILES string of the molecule is C=C1C(=O)OC2C3=C(C)CCCC3(C)CCC12. The van der Waals surface area contributed by atoms with Gasteiger partial charge in [0.25, 0.3) is 0 Å². The van der Waals surface area contributed by atoms with Crippen LogP contribution >= 0.6 is 0 Å². The number of carbonyl (C=O) groups excluding carboxylic acids is 1. The van der Waals surface area contributed by atoms with Crippen molar-refractivity contribution >= 4 is 5.97 Å². The summed E-state index contributed by atoms with van der Waals surface area (Å²) in [5, 5.41) is 0. The summed E-state index contributed by atoms with van der Waals surface area (Å²) < 4.78 is 5.59. The average molecular weight is 232 g/mol. The van der Waals surface area contributed by atoms with Gasteiger partial charge in [-0.3, -0.25) is 0 Å². The van der Waals surface area contributed by atoms with Crippen LogP contribution < -0.4 is 0 Å². The molecule has 1 saturated carbocycles. The smallest absolute Gasteiger partial charge is 0.334 e. The molecule has 0 amide bonds. The molecule has 1 heterocycles. The van der Waals surface area contributed by atoms with Crippen molar-refractivity contribution < 1.29 is 9.53 Å². The Morgan fingerprint density at radius 2 is 2.18 bits per heavy atom. The molecule has 1 aliphatic heterocycles. The van der Waals surface area contributed by atoms with E-state index in [0.717, 1.165) is 12.8 Å². The Morgan fingerprint density at radius 3 is 2.94 bits per heavy atom. The number of esters is 1. The van der Waals surface area contributed by atoms with E-state index < -0.39 is 0 Å². The van der Waals surface area contributed by atoms with E-state index in [-0.39, 0.29) is 23.4 Å². The van der Waals surface area contributed by atoms with E-state index in [4.69, 9.17) is 4.74 Å².